The summed E-state index contributed by atoms with van der Waals surface area (Å²) < 4.78 is 0. The summed E-state index contributed by atoms with van der Waals surface area (Å²) >= 11 is 0. The molecule has 4 heteroatoms. The summed E-state index contributed by atoms with van der Waals surface area (Å²) in [6.45, 7) is 1.98. The van der Waals surface area contributed by atoms with Gasteiger partial charge in [0.05, 0.1) is 5.92 Å². The summed E-state index contributed by atoms with van der Waals surface area (Å²) in [6, 6.07) is 0. The van der Waals surface area contributed by atoms with E-state index in [1.165, 1.54) is 0 Å². The van der Waals surface area contributed by atoms with Crippen molar-refractivity contribution >= 4 is 18.4 Å². The van der Waals surface area contributed by atoms with Gasteiger partial charge in [-0.05, 0) is 31.2 Å². The molecule has 1 aliphatic heterocycles. The van der Waals surface area contributed by atoms with Crippen LogP contribution in [0.3, 0.4) is 0 Å². The minimum atomic E-state index is -0.603. The highest BCUT2D eigenvalue weighted by Gasteiger charge is 2.58. The third kappa shape index (κ3) is 1.43. The van der Waals surface area contributed by atoms with Gasteiger partial charge in [-0.2, -0.15) is 0 Å². The summed E-state index contributed by atoms with van der Waals surface area (Å²) in [6.07, 6.45) is 3.15. The zero-order valence-electron chi connectivity index (χ0n) is 6.88. The van der Waals surface area contributed by atoms with Gasteiger partial charge in [-0.15, -0.1) is 12.4 Å². The number of piperidine rings is 1. The van der Waals surface area contributed by atoms with E-state index in [1.54, 1.807) is 0 Å². The van der Waals surface area contributed by atoms with E-state index in [9.17, 15) is 4.79 Å². The first-order chi connectivity index (χ1) is 5.25. The first-order valence-corrected chi connectivity index (χ1v) is 4.18. The maximum absolute atomic E-state index is 10.6. The van der Waals surface area contributed by atoms with Gasteiger partial charge in [0.1, 0.15) is 0 Å². The van der Waals surface area contributed by atoms with E-state index in [1.807, 2.05) is 0 Å². The molecule has 1 heterocycles. The molecule has 2 unspecified atom stereocenters. The van der Waals surface area contributed by atoms with Crippen molar-refractivity contribution in [3.05, 3.63) is 0 Å². The fourth-order valence-corrected chi connectivity index (χ4v) is 2.16. The molecule has 2 rings (SSSR count). The highest BCUT2D eigenvalue weighted by Crippen LogP contribution is 2.56. The summed E-state index contributed by atoms with van der Waals surface area (Å²) in [5.74, 6) is -0.649. The van der Waals surface area contributed by atoms with Crippen molar-refractivity contribution in [2.24, 2.45) is 11.3 Å². The van der Waals surface area contributed by atoms with Crippen LogP contribution >= 0.6 is 12.4 Å². The molecular formula is C8H14ClNO2. The van der Waals surface area contributed by atoms with Crippen LogP contribution in [0.4, 0.5) is 0 Å². The number of hydrogen-bond donors (Lipinski definition) is 2. The van der Waals surface area contributed by atoms with Crippen LogP contribution in [0.5, 0.6) is 0 Å². The molecule has 2 aliphatic rings. The van der Waals surface area contributed by atoms with E-state index in [4.69, 9.17) is 5.11 Å². The second-order valence-corrected chi connectivity index (χ2v) is 3.74. The molecule has 0 aromatic carbocycles. The second-order valence-electron chi connectivity index (χ2n) is 3.74. The number of nitrogens with one attached hydrogen (secondary N) is 1. The molecule has 70 valence electrons. The number of carbonyl (C=O) groups is 1. The number of aliphatic carboxylic acids is 1. The molecule has 2 atom stereocenters. The van der Waals surface area contributed by atoms with Crippen molar-refractivity contribution < 1.29 is 9.90 Å². The van der Waals surface area contributed by atoms with Gasteiger partial charge in [0.25, 0.3) is 0 Å². The highest BCUT2D eigenvalue weighted by atomic mass is 35.5. The lowest BCUT2D eigenvalue weighted by atomic mass is 9.94. The van der Waals surface area contributed by atoms with Crippen molar-refractivity contribution in [1.29, 1.82) is 0 Å². The third-order valence-electron chi connectivity index (χ3n) is 2.99. The first kappa shape index (κ1) is 9.81. The van der Waals surface area contributed by atoms with E-state index in [0.717, 1.165) is 32.4 Å². The number of carboxylic acids is 1. The van der Waals surface area contributed by atoms with E-state index < -0.39 is 5.97 Å². The van der Waals surface area contributed by atoms with Gasteiger partial charge in [-0.1, -0.05) is 0 Å². The van der Waals surface area contributed by atoms with Crippen molar-refractivity contribution in [1.82, 2.24) is 5.32 Å². The fraction of sp³-hybridized carbons (Fsp3) is 0.875. The molecule has 0 radical (unpaired) electrons. The summed E-state index contributed by atoms with van der Waals surface area (Å²) in [5, 5.41) is 12.0. The zero-order chi connectivity index (χ0) is 7.90. The Labute approximate surface area is 77.9 Å². The van der Waals surface area contributed by atoms with Crippen LogP contribution in [-0.4, -0.2) is 24.2 Å². The Morgan fingerprint density at radius 2 is 2.33 bits per heavy atom. The SMILES string of the molecule is Cl.O=C(O)C1CC12CCCNC2. The van der Waals surface area contributed by atoms with Gasteiger partial charge < -0.3 is 10.4 Å². The van der Waals surface area contributed by atoms with E-state index in [0.29, 0.717) is 0 Å². The van der Waals surface area contributed by atoms with Crippen molar-refractivity contribution in [3.63, 3.8) is 0 Å². The van der Waals surface area contributed by atoms with Gasteiger partial charge in [-0.25, -0.2) is 0 Å². The average Bonchev–Trinajstić information content (AvgIpc) is 2.66. The highest BCUT2D eigenvalue weighted by molar-refractivity contribution is 5.85. The molecular weight excluding hydrogens is 178 g/mol. The van der Waals surface area contributed by atoms with Gasteiger partial charge in [0.2, 0.25) is 0 Å². The molecule has 2 fully saturated rings. The standard InChI is InChI=1S/C8H13NO2.ClH/c10-7(11)6-4-8(6)2-1-3-9-5-8;/h6,9H,1-5H2,(H,10,11);1H. The van der Waals surface area contributed by atoms with Crippen LogP contribution in [0.25, 0.3) is 0 Å². The summed E-state index contributed by atoms with van der Waals surface area (Å²) in [4.78, 5) is 10.6. The molecule has 3 nitrogen and oxygen atoms in total. The fourth-order valence-electron chi connectivity index (χ4n) is 2.16. The van der Waals surface area contributed by atoms with E-state index >= 15 is 0 Å². The lowest BCUT2D eigenvalue weighted by Crippen LogP contribution is -2.33. The maximum Gasteiger partial charge on any atom is 0.307 e. The molecule has 0 bridgehead atoms. The largest absolute Gasteiger partial charge is 0.481 e. The molecule has 12 heavy (non-hydrogen) atoms. The van der Waals surface area contributed by atoms with Gasteiger partial charge in [0, 0.05) is 6.54 Å². The molecule has 1 aliphatic carbocycles. The molecule has 1 saturated heterocycles. The number of hydrogen-bond acceptors (Lipinski definition) is 2. The Morgan fingerprint density at radius 1 is 1.58 bits per heavy atom. The van der Waals surface area contributed by atoms with Crippen LogP contribution in [0.2, 0.25) is 0 Å². The second kappa shape index (κ2) is 3.23. The number of carboxylic acid groups (broad SMARTS) is 1. The minimum absolute atomic E-state index is 0. The van der Waals surface area contributed by atoms with Gasteiger partial charge in [0.15, 0.2) is 0 Å². The lowest BCUT2D eigenvalue weighted by molar-refractivity contribution is -0.139. The van der Waals surface area contributed by atoms with Crippen molar-refractivity contribution in [2.45, 2.75) is 19.3 Å². The van der Waals surface area contributed by atoms with Crippen molar-refractivity contribution in [3.8, 4) is 0 Å². The number of halogens is 1. The summed E-state index contributed by atoms with van der Waals surface area (Å²) in [7, 11) is 0. The molecule has 0 amide bonds. The molecule has 1 saturated carbocycles. The number of rotatable bonds is 1. The molecule has 0 aromatic rings. The molecule has 2 N–H and O–H groups in total. The normalized spacial score (nSPS) is 38.8. The van der Waals surface area contributed by atoms with E-state index in [-0.39, 0.29) is 23.7 Å². The topological polar surface area (TPSA) is 49.3 Å². The zero-order valence-corrected chi connectivity index (χ0v) is 7.69. The Balaban J connectivity index is 0.000000720. The predicted molar refractivity (Wildman–Crippen MR) is 47.5 cm³/mol. The smallest absolute Gasteiger partial charge is 0.307 e. The predicted octanol–water partition coefficient (Wildman–Crippen LogP) is 0.882. The Kier molecular flexibility index (Phi) is 2.64. The van der Waals surface area contributed by atoms with Crippen LogP contribution in [-0.2, 0) is 4.79 Å². The van der Waals surface area contributed by atoms with Crippen LogP contribution < -0.4 is 5.32 Å². The Morgan fingerprint density at radius 3 is 2.75 bits per heavy atom. The van der Waals surface area contributed by atoms with Crippen molar-refractivity contribution in [2.75, 3.05) is 13.1 Å². The van der Waals surface area contributed by atoms with Gasteiger partial charge in [-0.3, -0.25) is 4.79 Å². The molecule has 0 aromatic heterocycles. The van der Waals surface area contributed by atoms with Crippen LogP contribution in [0, 0.1) is 11.3 Å². The average molecular weight is 192 g/mol. The monoisotopic (exact) mass is 191 g/mol. The van der Waals surface area contributed by atoms with E-state index in [2.05, 4.69) is 5.32 Å². The minimum Gasteiger partial charge on any atom is -0.481 e. The van der Waals surface area contributed by atoms with Crippen LogP contribution in [0.1, 0.15) is 19.3 Å². The van der Waals surface area contributed by atoms with Crippen LogP contribution in [0.15, 0.2) is 0 Å². The Hall–Kier alpha value is -0.280. The maximum atomic E-state index is 10.6. The third-order valence-corrected chi connectivity index (χ3v) is 2.99. The first-order valence-electron chi connectivity index (χ1n) is 4.18. The Bertz CT molecular complexity index is 189. The summed E-state index contributed by atoms with van der Waals surface area (Å²) in [5.41, 5.74) is 0.157. The van der Waals surface area contributed by atoms with Gasteiger partial charge >= 0.3 is 5.97 Å². The quantitative estimate of drug-likeness (QED) is 0.647. The molecule has 1 spiro atoms. The lowest BCUT2D eigenvalue weighted by Gasteiger charge is -2.22.